The van der Waals surface area contributed by atoms with Gasteiger partial charge in [-0.25, -0.2) is 0 Å². The van der Waals surface area contributed by atoms with Crippen LogP contribution in [0.25, 0.3) is 0 Å². The van der Waals surface area contributed by atoms with Crippen LogP contribution in [0.1, 0.15) is 31.2 Å². The van der Waals surface area contributed by atoms with Crippen LogP contribution in [-0.4, -0.2) is 25.4 Å². The van der Waals surface area contributed by atoms with E-state index in [1.165, 1.54) is 0 Å². The van der Waals surface area contributed by atoms with Crippen LogP contribution < -0.4 is 4.74 Å². The Labute approximate surface area is 102 Å². The van der Waals surface area contributed by atoms with E-state index < -0.39 is 5.60 Å². The Morgan fingerprint density at radius 3 is 2.88 bits per heavy atom. The first-order valence-electron chi connectivity index (χ1n) is 6.07. The number of hydrogen-bond acceptors (Lipinski definition) is 3. The van der Waals surface area contributed by atoms with Gasteiger partial charge in [0.1, 0.15) is 5.75 Å². The normalized spacial score (nSPS) is 29.0. The Hall–Kier alpha value is -1.06. The van der Waals surface area contributed by atoms with Crippen LogP contribution in [0.2, 0.25) is 0 Å². The van der Waals surface area contributed by atoms with E-state index in [4.69, 9.17) is 9.47 Å². The smallest absolute Gasteiger partial charge is 0.119 e. The van der Waals surface area contributed by atoms with Crippen LogP contribution in [0.4, 0.5) is 0 Å². The lowest BCUT2D eigenvalue weighted by atomic mass is 9.78. The number of rotatable bonds is 3. The maximum Gasteiger partial charge on any atom is 0.119 e. The summed E-state index contributed by atoms with van der Waals surface area (Å²) in [5.41, 5.74) is 0.159. The predicted octanol–water partition coefficient (Wildman–Crippen LogP) is 2.47. The topological polar surface area (TPSA) is 38.7 Å². The standard InChI is InChI=1S/C14H20O3/c1-16-12-6-3-5-11(9-12)14(15)8-4-7-13(10-14)17-2/h3,5-6,9,13,15H,4,7-8,10H2,1-2H3. The van der Waals surface area contributed by atoms with Crippen molar-refractivity contribution >= 4 is 0 Å². The van der Waals surface area contributed by atoms with Gasteiger partial charge >= 0.3 is 0 Å². The lowest BCUT2D eigenvalue weighted by Gasteiger charge is -2.36. The molecular formula is C14H20O3. The molecule has 0 saturated heterocycles. The summed E-state index contributed by atoms with van der Waals surface area (Å²) in [7, 11) is 3.35. The first kappa shape index (κ1) is 12.4. The average Bonchev–Trinajstić information content (AvgIpc) is 2.39. The fourth-order valence-electron chi connectivity index (χ4n) is 2.58. The Morgan fingerprint density at radius 1 is 1.35 bits per heavy atom. The van der Waals surface area contributed by atoms with Crippen molar-refractivity contribution in [2.24, 2.45) is 0 Å². The Bertz CT molecular complexity index is 377. The summed E-state index contributed by atoms with van der Waals surface area (Å²) < 4.78 is 10.6. The monoisotopic (exact) mass is 236 g/mol. The number of benzene rings is 1. The van der Waals surface area contributed by atoms with Gasteiger partial charge < -0.3 is 14.6 Å². The van der Waals surface area contributed by atoms with Gasteiger partial charge in [-0.15, -0.1) is 0 Å². The van der Waals surface area contributed by atoms with E-state index in [1.807, 2.05) is 24.3 Å². The molecule has 2 atom stereocenters. The number of ether oxygens (including phenoxy) is 2. The van der Waals surface area contributed by atoms with Crippen LogP contribution in [0.15, 0.2) is 24.3 Å². The van der Waals surface area contributed by atoms with Gasteiger partial charge in [0.25, 0.3) is 0 Å². The van der Waals surface area contributed by atoms with Crippen LogP contribution in [0.5, 0.6) is 5.75 Å². The largest absolute Gasteiger partial charge is 0.497 e. The van der Waals surface area contributed by atoms with Crippen LogP contribution in [0, 0.1) is 0 Å². The molecule has 3 nitrogen and oxygen atoms in total. The van der Waals surface area contributed by atoms with Crippen molar-refractivity contribution in [1.82, 2.24) is 0 Å². The quantitative estimate of drug-likeness (QED) is 0.876. The number of hydrogen-bond donors (Lipinski definition) is 1. The molecule has 0 spiro atoms. The van der Waals surface area contributed by atoms with Gasteiger partial charge in [-0.3, -0.25) is 0 Å². The van der Waals surface area contributed by atoms with Gasteiger partial charge in [0.05, 0.1) is 18.8 Å². The molecule has 1 aliphatic rings. The van der Waals surface area contributed by atoms with Gasteiger partial charge in [-0.2, -0.15) is 0 Å². The van der Waals surface area contributed by atoms with Gasteiger partial charge in [0.2, 0.25) is 0 Å². The second-order valence-electron chi connectivity index (χ2n) is 4.72. The van der Waals surface area contributed by atoms with Crippen LogP contribution in [0.3, 0.4) is 0 Å². The molecule has 17 heavy (non-hydrogen) atoms. The summed E-state index contributed by atoms with van der Waals surface area (Å²) in [6.45, 7) is 0. The molecule has 0 radical (unpaired) electrons. The predicted molar refractivity (Wildman–Crippen MR) is 66.2 cm³/mol. The Morgan fingerprint density at radius 2 is 2.18 bits per heavy atom. The zero-order valence-electron chi connectivity index (χ0n) is 10.5. The van der Waals surface area contributed by atoms with Gasteiger partial charge in [-0.1, -0.05) is 12.1 Å². The van der Waals surface area contributed by atoms with Gasteiger partial charge in [-0.05, 0) is 37.0 Å². The summed E-state index contributed by atoms with van der Waals surface area (Å²) in [4.78, 5) is 0. The third-order valence-corrected chi connectivity index (χ3v) is 3.62. The molecule has 0 amide bonds. The first-order valence-corrected chi connectivity index (χ1v) is 6.07. The van der Waals surface area contributed by atoms with Gasteiger partial charge in [0.15, 0.2) is 0 Å². The molecule has 2 rings (SSSR count). The first-order chi connectivity index (χ1) is 8.18. The molecule has 1 saturated carbocycles. The van der Waals surface area contributed by atoms with E-state index in [1.54, 1.807) is 14.2 Å². The van der Waals surface area contributed by atoms with Crippen LogP contribution in [-0.2, 0) is 10.3 Å². The molecule has 1 N–H and O–H groups in total. The molecule has 0 bridgehead atoms. The highest BCUT2D eigenvalue weighted by Crippen LogP contribution is 2.38. The van der Waals surface area contributed by atoms with Crippen LogP contribution >= 0.6 is 0 Å². The van der Waals surface area contributed by atoms with E-state index in [9.17, 15) is 5.11 Å². The van der Waals surface area contributed by atoms with E-state index in [0.29, 0.717) is 6.42 Å². The van der Waals surface area contributed by atoms with Crippen molar-refractivity contribution in [3.8, 4) is 5.75 Å². The van der Waals surface area contributed by atoms with Gasteiger partial charge in [0, 0.05) is 13.5 Å². The summed E-state index contributed by atoms with van der Waals surface area (Å²) in [6, 6.07) is 7.69. The minimum Gasteiger partial charge on any atom is -0.497 e. The minimum atomic E-state index is -0.770. The summed E-state index contributed by atoms with van der Waals surface area (Å²) in [6.07, 6.45) is 3.63. The molecule has 1 aromatic carbocycles. The molecule has 3 heteroatoms. The second kappa shape index (κ2) is 5.07. The molecule has 0 aliphatic heterocycles. The highest BCUT2D eigenvalue weighted by atomic mass is 16.5. The maximum absolute atomic E-state index is 10.7. The Kier molecular flexibility index (Phi) is 3.69. The minimum absolute atomic E-state index is 0.153. The third-order valence-electron chi connectivity index (χ3n) is 3.62. The van der Waals surface area contributed by atoms with E-state index in [-0.39, 0.29) is 6.10 Å². The number of aliphatic hydroxyl groups is 1. The van der Waals surface area contributed by atoms with Crippen molar-refractivity contribution in [3.63, 3.8) is 0 Å². The fourth-order valence-corrected chi connectivity index (χ4v) is 2.58. The highest BCUT2D eigenvalue weighted by molar-refractivity contribution is 5.32. The Balaban J connectivity index is 2.23. The van der Waals surface area contributed by atoms with E-state index >= 15 is 0 Å². The second-order valence-corrected chi connectivity index (χ2v) is 4.72. The zero-order chi connectivity index (χ0) is 12.3. The molecule has 1 fully saturated rings. The fraction of sp³-hybridized carbons (Fsp3) is 0.571. The lowest BCUT2D eigenvalue weighted by Crippen LogP contribution is -2.35. The average molecular weight is 236 g/mol. The molecule has 0 heterocycles. The zero-order valence-corrected chi connectivity index (χ0v) is 10.5. The molecule has 1 aromatic rings. The maximum atomic E-state index is 10.7. The molecule has 1 aliphatic carbocycles. The summed E-state index contributed by atoms with van der Waals surface area (Å²) in [5.74, 6) is 0.787. The van der Waals surface area contributed by atoms with Crippen molar-refractivity contribution < 1.29 is 14.6 Å². The highest BCUT2D eigenvalue weighted by Gasteiger charge is 2.36. The molecular weight excluding hydrogens is 216 g/mol. The van der Waals surface area contributed by atoms with Crippen molar-refractivity contribution in [3.05, 3.63) is 29.8 Å². The van der Waals surface area contributed by atoms with Crippen molar-refractivity contribution in [2.75, 3.05) is 14.2 Å². The number of methoxy groups -OCH3 is 2. The van der Waals surface area contributed by atoms with E-state index in [2.05, 4.69) is 0 Å². The summed E-state index contributed by atoms with van der Waals surface area (Å²) in [5, 5.41) is 10.7. The molecule has 94 valence electrons. The van der Waals surface area contributed by atoms with E-state index in [0.717, 1.165) is 30.6 Å². The summed E-state index contributed by atoms with van der Waals surface area (Å²) >= 11 is 0. The van der Waals surface area contributed by atoms with Crippen molar-refractivity contribution in [1.29, 1.82) is 0 Å². The third kappa shape index (κ3) is 2.61. The molecule has 0 aromatic heterocycles. The SMILES string of the molecule is COc1cccc(C2(O)CCCC(OC)C2)c1. The molecule has 2 unspecified atom stereocenters. The lowest BCUT2D eigenvalue weighted by molar-refractivity contribution is -0.0632. The van der Waals surface area contributed by atoms with Crippen molar-refractivity contribution in [2.45, 2.75) is 37.4 Å².